The van der Waals surface area contributed by atoms with Crippen LogP contribution >= 0.6 is 0 Å². The van der Waals surface area contributed by atoms with Gasteiger partial charge < -0.3 is 4.57 Å². The van der Waals surface area contributed by atoms with E-state index in [9.17, 15) is 0 Å². The SMILES string of the molecule is CC1C(C)(C)c2cccc(-n3c4ccccc4c4ccc5c6ccccc6n(-c6nc(-c7ccccc7)nc(-c7ccc(-c8ccccc8)cc7)n6)c5c43)c2C1(C)C. The summed E-state index contributed by atoms with van der Waals surface area (Å²) in [6, 6.07) is 58.4. The van der Waals surface area contributed by atoms with Gasteiger partial charge in [-0.25, -0.2) is 4.98 Å². The van der Waals surface area contributed by atoms with Gasteiger partial charge in [0.25, 0.3) is 0 Å². The minimum atomic E-state index is -0.0581. The highest BCUT2D eigenvalue weighted by Gasteiger charge is 2.50. The van der Waals surface area contributed by atoms with Crippen LogP contribution in [0.5, 0.6) is 0 Å². The van der Waals surface area contributed by atoms with Crippen LogP contribution in [0, 0.1) is 5.92 Å². The van der Waals surface area contributed by atoms with Crippen LogP contribution in [0.15, 0.2) is 164 Å². The molecule has 5 nitrogen and oxygen atoms in total. The minimum absolute atomic E-state index is 0.0201. The maximum atomic E-state index is 5.38. The van der Waals surface area contributed by atoms with E-state index in [1.54, 1.807) is 0 Å². The Kier molecular flexibility index (Phi) is 7.46. The number of fused-ring (bicyclic) bond motifs is 8. The van der Waals surface area contributed by atoms with E-state index in [2.05, 4.69) is 183 Å². The van der Waals surface area contributed by atoms with Gasteiger partial charge in [0.2, 0.25) is 5.95 Å². The second-order valence-electron chi connectivity index (χ2n) is 17.0. The average molecular weight is 750 g/mol. The third-order valence-corrected chi connectivity index (χ3v) is 13.4. The van der Waals surface area contributed by atoms with Crippen LogP contribution in [-0.2, 0) is 10.8 Å². The highest BCUT2D eigenvalue weighted by atomic mass is 15.2. The molecule has 3 aromatic heterocycles. The molecule has 58 heavy (non-hydrogen) atoms. The maximum Gasteiger partial charge on any atom is 0.238 e. The molecule has 0 N–H and O–H groups in total. The first-order chi connectivity index (χ1) is 28.2. The molecule has 0 aliphatic heterocycles. The Hall–Kier alpha value is -6.85. The summed E-state index contributed by atoms with van der Waals surface area (Å²) >= 11 is 0. The van der Waals surface area contributed by atoms with Crippen molar-refractivity contribution in [1.82, 2.24) is 24.1 Å². The topological polar surface area (TPSA) is 48.5 Å². The highest BCUT2D eigenvalue weighted by Crippen LogP contribution is 2.56. The van der Waals surface area contributed by atoms with Crippen LogP contribution in [0.4, 0.5) is 0 Å². The van der Waals surface area contributed by atoms with Crippen molar-refractivity contribution in [2.75, 3.05) is 0 Å². The average Bonchev–Trinajstić information content (AvgIpc) is 3.83. The van der Waals surface area contributed by atoms with Crippen molar-refractivity contribution in [1.29, 1.82) is 0 Å². The molecule has 3 heterocycles. The van der Waals surface area contributed by atoms with Gasteiger partial charge in [0, 0.05) is 32.7 Å². The van der Waals surface area contributed by atoms with Gasteiger partial charge in [-0.3, -0.25) is 4.57 Å². The second kappa shape index (κ2) is 12.6. The molecule has 10 aromatic rings. The van der Waals surface area contributed by atoms with E-state index < -0.39 is 0 Å². The van der Waals surface area contributed by atoms with E-state index in [1.807, 2.05) is 24.3 Å². The van der Waals surface area contributed by atoms with E-state index in [-0.39, 0.29) is 10.8 Å². The van der Waals surface area contributed by atoms with Crippen molar-refractivity contribution in [3.8, 4) is 45.5 Å². The molecule has 1 aliphatic rings. The van der Waals surface area contributed by atoms with Crippen LogP contribution in [0.25, 0.3) is 89.2 Å². The van der Waals surface area contributed by atoms with Gasteiger partial charge in [-0.15, -0.1) is 0 Å². The predicted octanol–water partition coefficient (Wildman–Crippen LogP) is 13.3. The van der Waals surface area contributed by atoms with Crippen molar-refractivity contribution in [2.24, 2.45) is 5.92 Å². The summed E-state index contributed by atoms with van der Waals surface area (Å²) in [5, 5.41) is 4.72. The van der Waals surface area contributed by atoms with Crippen LogP contribution in [-0.4, -0.2) is 24.1 Å². The van der Waals surface area contributed by atoms with Crippen molar-refractivity contribution in [2.45, 2.75) is 45.4 Å². The summed E-state index contributed by atoms with van der Waals surface area (Å²) in [4.78, 5) is 15.9. The Morgan fingerprint density at radius 1 is 0.414 bits per heavy atom. The lowest BCUT2D eigenvalue weighted by Crippen LogP contribution is -2.31. The van der Waals surface area contributed by atoms with E-state index in [1.165, 1.54) is 38.7 Å². The zero-order valence-electron chi connectivity index (χ0n) is 33.4. The Balaban J connectivity index is 1.25. The minimum Gasteiger partial charge on any atom is -0.307 e. The zero-order valence-corrected chi connectivity index (χ0v) is 33.4. The van der Waals surface area contributed by atoms with Crippen LogP contribution in [0.2, 0.25) is 0 Å². The number of para-hydroxylation sites is 2. The Morgan fingerprint density at radius 2 is 0.897 bits per heavy atom. The van der Waals surface area contributed by atoms with Gasteiger partial charge in [-0.05, 0) is 57.2 Å². The summed E-state index contributed by atoms with van der Waals surface area (Å²) < 4.78 is 4.83. The normalized spacial score (nSPS) is 15.8. The molecule has 280 valence electrons. The van der Waals surface area contributed by atoms with Crippen molar-refractivity contribution in [3.05, 3.63) is 175 Å². The molecular formula is C53H43N5. The second-order valence-corrected chi connectivity index (χ2v) is 17.0. The first kappa shape index (κ1) is 34.4. The van der Waals surface area contributed by atoms with E-state index in [0.29, 0.717) is 23.5 Å². The van der Waals surface area contributed by atoms with Crippen LogP contribution < -0.4 is 0 Å². The largest absolute Gasteiger partial charge is 0.307 e. The first-order valence-corrected chi connectivity index (χ1v) is 20.3. The first-order valence-electron chi connectivity index (χ1n) is 20.3. The Labute approximate surface area is 338 Å². The molecule has 0 fully saturated rings. The van der Waals surface area contributed by atoms with Gasteiger partial charge in [-0.1, -0.05) is 180 Å². The van der Waals surface area contributed by atoms with Crippen LogP contribution in [0.1, 0.15) is 45.7 Å². The predicted molar refractivity (Wildman–Crippen MR) is 240 cm³/mol. The fourth-order valence-electron chi connectivity index (χ4n) is 10.0. The van der Waals surface area contributed by atoms with Gasteiger partial charge >= 0.3 is 0 Å². The zero-order chi connectivity index (χ0) is 39.3. The number of hydrogen-bond donors (Lipinski definition) is 0. The summed E-state index contributed by atoms with van der Waals surface area (Å²) in [6.07, 6.45) is 0. The summed E-state index contributed by atoms with van der Waals surface area (Å²) in [7, 11) is 0. The third-order valence-electron chi connectivity index (χ3n) is 13.4. The molecular weight excluding hydrogens is 707 g/mol. The number of nitrogens with zero attached hydrogens (tertiary/aromatic N) is 5. The standard InChI is InChI=1S/C53H43N5/c1-33-52(2,3)42-23-16-26-45(46(42)53(33,4)5)57-43-24-14-12-21-38(43)40-31-32-41-39-22-13-15-25-44(39)58(48(41)47(40)57)51-55-49(36-19-10-7-11-20-36)54-50(56-51)37-29-27-35(28-30-37)34-17-8-6-9-18-34/h6-33H,1-5H3. The fraction of sp³-hybridized carbons (Fsp3) is 0.151. The van der Waals surface area contributed by atoms with Crippen molar-refractivity contribution >= 4 is 43.6 Å². The summed E-state index contributed by atoms with van der Waals surface area (Å²) in [5.41, 5.74) is 12.7. The fourth-order valence-corrected chi connectivity index (χ4v) is 10.0. The molecule has 1 atom stereocenters. The van der Waals surface area contributed by atoms with Gasteiger partial charge in [0.05, 0.1) is 27.8 Å². The summed E-state index contributed by atoms with van der Waals surface area (Å²) in [5.74, 6) is 2.28. The molecule has 5 heteroatoms. The van der Waals surface area contributed by atoms with E-state index in [0.717, 1.165) is 44.0 Å². The van der Waals surface area contributed by atoms with Crippen LogP contribution in [0.3, 0.4) is 0 Å². The quantitative estimate of drug-likeness (QED) is 0.176. The Bertz CT molecular complexity index is 3220. The lowest BCUT2D eigenvalue weighted by molar-refractivity contribution is 0.264. The molecule has 0 bridgehead atoms. The molecule has 7 aromatic carbocycles. The van der Waals surface area contributed by atoms with Gasteiger partial charge in [0.15, 0.2) is 11.6 Å². The molecule has 0 saturated heterocycles. The number of benzene rings is 7. The van der Waals surface area contributed by atoms with E-state index >= 15 is 0 Å². The number of rotatable bonds is 5. The molecule has 1 unspecified atom stereocenters. The lowest BCUT2D eigenvalue weighted by Gasteiger charge is -2.33. The molecule has 11 rings (SSSR count). The van der Waals surface area contributed by atoms with Crippen molar-refractivity contribution in [3.63, 3.8) is 0 Å². The third kappa shape index (κ3) is 4.92. The van der Waals surface area contributed by atoms with Gasteiger partial charge in [0.1, 0.15) is 0 Å². The number of hydrogen-bond acceptors (Lipinski definition) is 3. The van der Waals surface area contributed by atoms with Gasteiger partial charge in [-0.2, -0.15) is 9.97 Å². The smallest absolute Gasteiger partial charge is 0.238 e. The highest BCUT2D eigenvalue weighted by molar-refractivity contribution is 6.23. The van der Waals surface area contributed by atoms with Crippen molar-refractivity contribution < 1.29 is 0 Å². The Morgan fingerprint density at radius 3 is 1.52 bits per heavy atom. The van der Waals surface area contributed by atoms with E-state index in [4.69, 9.17) is 15.0 Å². The molecule has 1 aliphatic carbocycles. The summed E-state index contributed by atoms with van der Waals surface area (Å²) in [6.45, 7) is 12.1. The monoisotopic (exact) mass is 749 g/mol. The molecule has 0 saturated carbocycles. The molecule has 0 spiro atoms. The molecule has 0 amide bonds. The molecule has 0 radical (unpaired) electrons. The lowest BCUT2D eigenvalue weighted by atomic mass is 9.71. The number of aromatic nitrogens is 5. The maximum absolute atomic E-state index is 5.38.